The first-order valence-electron chi connectivity index (χ1n) is 4.23. The molecule has 0 unspecified atom stereocenters. The van der Waals surface area contributed by atoms with Gasteiger partial charge in [0.1, 0.15) is 16.6 Å². The Balaban J connectivity index is 3.09. The van der Waals surface area contributed by atoms with Crippen LogP contribution in [0.2, 0.25) is 0 Å². The summed E-state index contributed by atoms with van der Waals surface area (Å²) in [6.07, 6.45) is 0. The van der Waals surface area contributed by atoms with Gasteiger partial charge >= 0.3 is 0 Å². The molecule has 1 aromatic rings. The highest BCUT2D eigenvalue weighted by molar-refractivity contribution is 7.10. The second kappa shape index (κ2) is 4.20. The average molecular weight is 209 g/mol. The number of hydrogen-bond acceptors (Lipinski definition) is 4. The highest BCUT2D eigenvalue weighted by Gasteiger charge is 2.16. The predicted octanol–water partition coefficient (Wildman–Crippen LogP) is 2.10. The molecule has 1 rings (SSSR count). The monoisotopic (exact) mass is 209 g/mol. The number of rotatable bonds is 2. The summed E-state index contributed by atoms with van der Waals surface area (Å²) in [5.41, 5.74) is 1.24. The van der Waals surface area contributed by atoms with E-state index in [-0.39, 0.29) is 11.8 Å². The normalized spacial score (nSPS) is 9.93. The number of aromatic nitrogens is 1. The van der Waals surface area contributed by atoms with E-state index >= 15 is 0 Å². The first kappa shape index (κ1) is 10.7. The van der Waals surface area contributed by atoms with Crippen molar-refractivity contribution in [1.82, 2.24) is 4.37 Å². The van der Waals surface area contributed by atoms with Gasteiger partial charge in [0.25, 0.3) is 0 Å². The van der Waals surface area contributed by atoms with Gasteiger partial charge in [-0.25, -0.2) is 0 Å². The highest BCUT2D eigenvalue weighted by Crippen LogP contribution is 2.28. The Labute approximate surface area is 86.7 Å². The van der Waals surface area contributed by atoms with Gasteiger partial charge in [0.2, 0.25) is 5.91 Å². The van der Waals surface area contributed by atoms with Gasteiger partial charge in [0.05, 0.1) is 5.69 Å². The van der Waals surface area contributed by atoms with E-state index in [1.807, 2.05) is 13.8 Å². The number of carbonyl (C=O) groups excluding carboxylic acids is 1. The van der Waals surface area contributed by atoms with Crippen LogP contribution < -0.4 is 5.32 Å². The smallest absolute Gasteiger partial charge is 0.221 e. The van der Waals surface area contributed by atoms with Gasteiger partial charge in [0.15, 0.2) is 0 Å². The number of anilines is 1. The molecule has 14 heavy (non-hydrogen) atoms. The SMILES string of the molecule is CC(=O)Nc1snc(C(C)C)c1C#N. The summed E-state index contributed by atoms with van der Waals surface area (Å²) >= 11 is 1.15. The van der Waals surface area contributed by atoms with Gasteiger partial charge in [-0.1, -0.05) is 13.8 Å². The maximum atomic E-state index is 10.8. The molecule has 74 valence electrons. The summed E-state index contributed by atoms with van der Waals surface area (Å²) in [5.74, 6) is 0.0175. The van der Waals surface area contributed by atoms with Crippen LogP contribution in [0.25, 0.3) is 0 Å². The quantitative estimate of drug-likeness (QED) is 0.811. The van der Waals surface area contributed by atoms with Crippen molar-refractivity contribution < 1.29 is 4.79 Å². The largest absolute Gasteiger partial charge is 0.316 e. The summed E-state index contributed by atoms with van der Waals surface area (Å²) in [6.45, 7) is 5.34. The van der Waals surface area contributed by atoms with Gasteiger partial charge in [0, 0.05) is 6.92 Å². The molecule has 4 nitrogen and oxygen atoms in total. The van der Waals surface area contributed by atoms with Crippen molar-refractivity contribution in [3.8, 4) is 6.07 Å². The lowest BCUT2D eigenvalue weighted by atomic mass is 10.1. The zero-order valence-corrected chi connectivity index (χ0v) is 9.10. The van der Waals surface area contributed by atoms with Crippen LogP contribution in [0.15, 0.2) is 0 Å². The fraction of sp³-hybridized carbons (Fsp3) is 0.444. The van der Waals surface area contributed by atoms with Crippen LogP contribution in [0.5, 0.6) is 0 Å². The second-order valence-corrected chi connectivity index (χ2v) is 3.99. The molecule has 0 aliphatic rings. The molecule has 1 amide bonds. The Kier molecular flexibility index (Phi) is 3.20. The minimum atomic E-state index is -0.180. The molecule has 0 saturated heterocycles. The van der Waals surface area contributed by atoms with Crippen LogP contribution >= 0.6 is 11.5 Å². The number of amides is 1. The van der Waals surface area contributed by atoms with Crippen LogP contribution in [0, 0.1) is 11.3 Å². The van der Waals surface area contributed by atoms with Crippen molar-refractivity contribution in [2.24, 2.45) is 0 Å². The van der Waals surface area contributed by atoms with E-state index in [9.17, 15) is 4.79 Å². The lowest BCUT2D eigenvalue weighted by Gasteiger charge is -2.00. The molecule has 0 bridgehead atoms. The van der Waals surface area contributed by atoms with E-state index in [1.165, 1.54) is 6.92 Å². The first-order chi connectivity index (χ1) is 6.56. The zero-order valence-electron chi connectivity index (χ0n) is 8.29. The summed E-state index contributed by atoms with van der Waals surface area (Å²) < 4.78 is 4.14. The third-order valence-corrected chi connectivity index (χ3v) is 2.44. The predicted molar refractivity (Wildman–Crippen MR) is 55.2 cm³/mol. The van der Waals surface area contributed by atoms with Gasteiger partial charge in [-0.3, -0.25) is 4.79 Å². The molecule has 0 radical (unpaired) electrons. The molecule has 1 heterocycles. The minimum absolute atomic E-state index is 0.180. The molecule has 0 saturated carbocycles. The van der Waals surface area contributed by atoms with E-state index in [1.54, 1.807) is 0 Å². The third-order valence-electron chi connectivity index (χ3n) is 1.67. The fourth-order valence-electron chi connectivity index (χ4n) is 1.05. The fourth-order valence-corrected chi connectivity index (χ4v) is 1.97. The third kappa shape index (κ3) is 2.09. The van der Waals surface area contributed by atoms with Crippen molar-refractivity contribution in [2.75, 3.05) is 5.32 Å². The van der Waals surface area contributed by atoms with Crippen molar-refractivity contribution >= 4 is 22.4 Å². The lowest BCUT2D eigenvalue weighted by Crippen LogP contribution is -2.05. The molecule has 0 aliphatic carbocycles. The molecule has 0 aliphatic heterocycles. The van der Waals surface area contributed by atoms with E-state index < -0.39 is 0 Å². The molecule has 0 atom stereocenters. The van der Waals surface area contributed by atoms with Gasteiger partial charge in [-0.15, -0.1) is 0 Å². The van der Waals surface area contributed by atoms with Gasteiger partial charge in [-0.2, -0.15) is 9.64 Å². The highest BCUT2D eigenvalue weighted by atomic mass is 32.1. The Hall–Kier alpha value is -1.41. The number of nitriles is 1. The van der Waals surface area contributed by atoms with Crippen LogP contribution in [-0.2, 0) is 4.79 Å². The van der Waals surface area contributed by atoms with Gasteiger partial charge < -0.3 is 5.32 Å². The van der Waals surface area contributed by atoms with E-state index in [2.05, 4.69) is 15.8 Å². The maximum Gasteiger partial charge on any atom is 0.221 e. The Morgan fingerprint density at radius 3 is 2.71 bits per heavy atom. The molecule has 0 fully saturated rings. The molecular formula is C9H11N3OS. The zero-order chi connectivity index (χ0) is 10.7. The number of carbonyl (C=O) groups is 1. The molecule has 1 aromatic heterocycles. The van der Waals surface area contributed by atoms with Gasteiger partial charge in [-0.05, 0) is 17.5 Å². The molecule has 0 aromatic carbocycles. The van der Waals surface area contributed by atoms with E-state index in [4.69, 9.17) is 5.26 Å². The molecule has 5 heteroatoms. The van der Waals surface area contributed by atoms with Crippen LogP contribution in [0.3, 0.4) is 0 Å². The Morgan fingerprint density at radius 2 is 2.29 bits per heavy atom. The molecular weight excluding hydrogens is 198 g/mol. The van der Waals surface area contributed by atoms with E-state index in [0.717, 1.165) is 17.2 Å². The number of nitrogens with one attached hydrogen (secondary N) is 1. The molecule has 1 N–H and O–H groups in total. The summed E-state index contributed by atoms with van der Waals surface area (Å²) in [4.78, 5) is 10.8. The standard InChI is InChI=1S/C9H11N3OS/c1-5(2)8-7(4-10)9(14-12-8)11-6(3)13/h5H,1-3H3,(H,11,13). The van der Waals surface area contributed by atoms with Crippen molar-refractivity contribution in [1.29, 1.82) is 5.26 Å². The first-order valence-corrected chi connectivity index (χ1v) is 5.00. The second-order valence-electron chi connectivity index (χ2n) is 3.22. The maximum absolute atomic E-state index is 10.8. The minimum Gasteiger partial charge on any atom is -0.316 e. The van der Waals surface area contributed by atoms with Crippen molar-refractivity contribution in [3.05, 3.63) is 11.3 Å². The summed E-state index contributed by atoms with van der Waals surface area (Å²) in [5, 5.41) is 12.1. The van der Waals surface area contributed by atoms with Crippen molar-refractivity contribution in [3.63, 3.8) is 0 Å². The Morgan fingerprint density at radius 1 is 1.64 bits per heavy atom. The average Bonchev–Trinajstić information content (AvgIpc) is 2.46. The Bertz CT molecular complexity index is 389. The van der Waals surface area contributed by atoms with Crippen molar-refractivity contribution in [2.45, 2.75) is 26.7 Å². The molecule has 0 spiro atoms. The number of hydrogen-bond donors (Lipinski definition) is 1. The summed E-state index contributed by atoms with van der Waals surface area (Å²) in [7, 11) is 0. The summed E-state index contributed by atoms with van der Waals surface area (Å²) in [6, 6.07) is 2.06. The lowest BCUT2D eigenvalue weighted by molar-refractivity contribution is -0.114. The van der Waals surface area contributed by atoms with Crippen LogP contribution in [0.1, 0.15) is 37.9 Å². The topological polar surface area (TPSA) is 65.8 Å². The number of nitrogens with zero attached hydrogens (tertiary/aromatic N) is 2. The van der Waals surface area contributed by atoms with E-state index in [0.29, 0.717) is 10.6 Å². The van der Waals surface area contributed by atoms with Crippen LogP contribution in [-0.4, -0.2) is 10.3 Å². The van der Waals surface area contributed by atoms with Crippen LogP contribution in [0.4, 0.5) is 5.00 Å².